The van der Waals surface area contributed by atoms with Gasteiger partial charge in [-0.15, -0.1) is 0 Å². The van der Waals surface area contributed by atoms with Crippen LogP contribution in [0.25, 0.3) is 0 Å². The summed E-state index contributed by atoms with van der Waals surface area (Å²) in [5.74, 6) is 0. The summed E-state index contributed by atoms with van der Waals surface area (Å²) in [6.07, 6.45) is 1.01. The summed E-state index contributed by atoms with van der Waals surface area (Å²) in [6.45, 7) is 6.89. The Bertz CT molecular complexity index is 334. The summed E-state index contributed by atoms with van der Waals surface area (Å²) in [4.78, 5) is 0. The van der Waals surface area contributed by atoms with Gasteiger partial charge in [-0.3, -0.25) is 0 Å². The quantitative estimate of drug-likeness (QED) is 0.801. The van der Waals surface area contributed by atoms with Gasteiger partial charge in [0, 0.05) is 21.2 Å². The number of benzene rings is 1. The number of halogens is 2. The van der Waals surface area contributed by atoms with Gasteiger partial charge in [0.05, 0.1) is 0 Å². The molecular formula is C11H13Br2N. The fourth-order valence-corrected chi connectivity index (χ4v) is 1.73. The van der Waals surface area contributed by atoms with E-state index in [0.717, 1.165) is 27.6 Å². The van der Waals surface area contributed by atoms with Gasteiger partial charge >= 0.3 is 0 Å². The smallest absolute Gasteiger partial charge is 0.0498 e. The molecule has 1 N–H and O–H groups in total. The van der Waals surface area contributed by atoms with Crippen LogP contribution in [0.4, 0.5) is 5.69 Å². The van der Waals surface area contributed by atoms with E-state index in [1.807, 2.05) is 18.2 Å². The van der Waals surface area contributed by atoms with Gasteiger partial charge in [0.15, 0.2) is 0 Å². The van der Waals surface area contributed by atoms with E-state index in [0.29, 0.717) is 0 Å². The minimum absolute atomic E-state index is 0.825. The highest BCUT2D eigenvalue weighted by Crippen LogP contribution is 2.26. The summed E-state index contributed by atoms with van der Waals surface area (Å²) in [5, 5.41) is 3.33. The monoisotopic (exact) mass is 317 g/mol. The Balaban J connectivity index is 2.66. The molecule has 14 heavy (non-hydrogen) atoms. The Morgan fingerprint density at radius 3 is 2.79 bits per heavy atom. The second kappa shape index (κ2) is 5.56. The molecule has 0 bridgehead atoms. The van der Waals surface area contributed by atoms with Gasteiger partial charge in [0.25, 0.3) is 0 Å². The van der Waals surface area contributed by atoms with Crippen molar-refractivity contribution in [3.05, 3.63) is 39.3 Å². The first-order valence-corrected chi connectivity index (χ1v) is 6.07. The molecular weight excluding hydrogens is 306 g/mol. The van der Waals surface area contributed by atoms with Crippen LogP contribution in [0.1, 0.15) is 13.3 Å². The maximum atomic E-state index is 3.95. The molecule has 0 aliphatic carbocycles. The second-order valence-corrected chi connectivity index (χ2v) is 4.85. The first-order valence-electron chi connectivity index (χ1n) is 4.49. The average Bonchev–Trinajstić information content (AvgIpc) is 2.19. The van der Waals surface area contributed by atoms with Crippen molar-refractivity contribution in [1.29, 1.82) is 0 Å². The highest BCUT2D eigenvalue weighted by atomic mass is 79.9. The zero-order valence-corrected chi connectivity index (χ0v) is 11.3. The van der Waals surface area contributed by atoms with Crippen molar-refractivity contribution in [1.82, 2.24) is 0 Å². The minimum atomic E-state index is 0.825. The molecule has 3 heteroatoms. The van der Waals surface area contributed by atoms with Crippen molar-refractivity contribution in [2.24, 2.45) is 0 Å². The van der Waals surface area contributed by atoms with Crippen LogP contribution < -0.4 is 5.32 Å². The van der Waals surface area contributed by atoms with Gasteiger partial charge in [-0.1, -0.05) is 35.0 Å². The summed E-state index contributed by atoms with van der Waals surface area (Å²) in [5.41, 5.74) is 2.30. The molecule has 0 fully saturated rings. The molecule has 0 atom stereocenters. The molecule has 0 heterocycles. The molecule has 0 saturated heterocycles. The van der Waals surface area contributed by atoms with Crippen LogP contribution in [0.3, 0.4) is 0 Å². The molecule has 1 aromatic carbocycles. The lowest BCUT2D eigenvalue weighted by molar-refractivity contribution is 1.05. The van der Waals surface area contributed by atoms with E-state index in [1.165, 1.54) is 5.57 Å². The number of nitrogens with one attached hydrogen (secondary N) is 1. The van der Waals surface area contributed by atoms with Crippen molar-refractivity contribution < 1.29 is 0 Å². The van der Waals surface area contributed by atoms with Crippen molar-refractivity contribution in [3.8, 4) is 0 Å². The Kier molecular flexibility index (Phi) is 4.69. The molecule has 0 spiro atoms. The van der Waals surface area contributed by atoms with Crippen molar-refractivity contribution >= 4 is 37.5 Å². The summed E-state index contributed by atoms with van der Waals surface area (Å²) in [7, 11) is 0. The van der Waals surface area contributed by atoms with Crippen LogP contribution in [0.2, 0.25) is 0 Å². The fraction of sp³-hybridized carbons (Fsp3) is 0.273. The molecule has 0 amide bonds. The third kappa shape index (κ3) is 3.46. The third-order valence-corrected chi connectivity index (χ3v) is 3.14. The van der Waals surface area contributed by atoms with Crippen LogP contribution in [-0.2, 0) is 0 Å². The highest BCUT2D eigenvalue weighted by molar-refractivity contribution is 9.11. The van der Waals surface area contributed by atoms with E-state index >= 15 is 0 Å². The molecule has 0 aliphatic heterocycles. The molecule has 76 valence electrons. The summed E-state index contributed by atoms with van der Waals surface area (Å²) >= 11 is 6.93. The Hall–Kier alpha value is -0.280. The van der Waals surface area contributed by atoms with Crippen molar-refractivity contribution in [2.45, 2.75) is 13.3 Å². The van der Waals surface area contributed by atoms with Gasteiger partial charge in [-0.25, -0.2) is 0 Å². The van der Waals surface area contributed by atoms with Crippen LogP contribution in [0, 0.1) is 0 Å². The SMILES string of the molecule is C=C(CC)CNc1cc(Br)ccc1Br. The molecule has 1 nitrogen and oxygen atoms in total. The fourth-order valence-electron chi connectivity index (χ4n) is 0.978. The van der Waals surface area contributed by atoms with Gasteiger partial charge < -0.3 is 5.32 Å². The lowest BCUT2D eigenvalue weighted by atomic mass is 10.2. The average molecular weight is 319 g/mol. The number of rotatable bonds is 4. The summed E-state index contributed by atoms with van der Waals surface area (Å²) < 4.78 is 2.15. The van der Waals surface area contributed by atoms with E-state index in [-0.39, 0.29) is 0 Å². The van der Waals surface area contributed by atoms with Gasteiger partial charge in [-0.2, -0.15) is 0 Å². The lowest BCUT2D eigenvalue weighted by Crippen LogP contribution is -2.03. The van der Waals surface area contributed by atoms with E-state index in [1.54, 1.807) is 0 Å². The molecule has 0 saturated carbocycles. The topological polar surface area (TPSA) is 12.0 Å². The molecule has 0 unspecified atom stereocenters. The van der Waals surface area contributed by atoms with Crippen LogP contribution in [0.5, 0.6) is 0 Å². The van der Waals surface area contributed by atoms with Gasteiger partial charge in [0.2, 0.25) is 0 Å². The van der Waals surface area contributed by atoms with E-state index in [2.05, 4.69) is 50.7 Å². The zero-order chi connectivity index (χ0) is 10.6. The molecule has 0 aliphatic rings. The first-order chi connectivity index (χ1) is 6.63. The minimum Gasteiger partial charge on any atom is -0.380 e. The van der Waals surface area contributed by atoms with Crippen LogP contribution >= 0.6 is 31.9 Å². The molecule has 0 aromatic heterocycles. The number of anilines is 1. The zero-order valence-electron chi connectivity index (χ0n) is 8.11. The summed E-state index contributed by atoms with van der Waals surface area (Å²) in [6, 6.07) is 6.07. The van der Waals surface area contributed by atoms with Crippen molar-refractivity contribution in [2.75, 3.05) is 11.9 Å². The van der Waals surface area contributed by atoms with Gasteiger partial charge in [0.1, 0.15) is 0 Å². The predicted molar refractivity (Wildman–Crippen MR) is 69.8 cm³/mol. The molecule has 1 rings (SSSR count). The third-order valence-electron chi connectivity index (χ3n) is 1.96. The maximum absolute atomic E-state index is 3.95. The van der Waals surface area contributed by atoms with E-state index in [9.17, 15) is 0 Å². The maximum Gasteiger partial charge on any atom is 0.0498 e. The number of hydrogen-bond acceptors (Lipinski definition) is 1. The highest BCUT2D eigenvalue weighted by Gasteiger charge is 1.99. The Labute approximate surface area is 102 Å². The first kappa shape index (κ1) is 11.8. The molecule has 0 radical (unpaired) electrons. The lowest BCUT2D eigenvalue weighted by Gasteiger charge is -2.09. The van der Waals surface area contributed by atoms with Crippen LogP contribution in [-0.4, -0.2) is 6.54 Å². The second-order valence-electron chi connectivity index (χ2n) is 3.08. The Morgan fingerprint density at radius 1 is 1.43 bits per heavy atom. The standard InChI is InChI=1S/C11H13Br2N/c1-3-8(2)7-14-11-6-9(12)4-5-10(11)13/h4-6,14H,2-3,7H2,1H3. The normalized spacial score (nSPS) is 9.93. The number of hydrogen-bond donors (Lipinski definition) is 1. The largest absolute Gasteiger partial charge is 0.380 e. The predicted octanol–water partition coefficient (Wildman–Crippen LogP) is 4.59. The van der Waals surface area contributed by atoms with E-state index in [4.69, 9.17) is 0 Å². The molecule has 1 aromatic rings. The van der Waals surface area contributed by atoms with Crippen LogP contribution in [0.15, 0.2) is 39.3 Å². The Morgan fingerprint density at radius 2 is 2.14 bits per heavy atom. The van der Waals surface area contributed by atoms with Crippen molar-refractivity contribution in [3.63, 3.8) is 0 Å². The van der Waals surface area contributed by atoms with E-state index < -0.39 is 0 Å². The van der Waals surface area contributed by atoms with Gasteiger partial charge in [-0.05, 0) is 40.5 Å².